The zero-order valence-corrected chi connectivity index (χ0v) is 12.7. The smallest absolute Gasteiger partial charge is 0.306 e. The number of carboxylic acid groups (broad SMARTS) is 1. The lowest BCUT2D eigenvalue weighted by molar-refractivity contribution is -0.147. The Morgan fingerprint density at radius 1 is 1.15 bits per heavy atom. The van der Waals surface area contributed by atoms with Crippen molar-refractivity contribution in [1.29, 1.82) is 0 Å². The Hall–Kier alpha value is -0.610. The summed E-state index contributed by atoms with van der Waals surface area (Å²) in [4.78, 5) is 11.4. The first-order valence-electron chi connectivity index (χ1n) is 7.84. The van der Waals surface area contributed by atoms with Crippen molar-refractivity contribution in [2.45, 2.75) is 77.4 Å². The highest BCUT2D eigenvalue weighted by atomic mass is 16.4. The molecule has 0 aromatic heterocycles. The fourth-order valence-electron chi connectivity index (χ4n) is 3.28. The topological polar surface area (TPSA) is 77.8 Å². The number of aliphatic hydroxyl groups excluding tert-OH is 2. The number of aliphatic carboxylic acids is 1. The van der Waals surface area contributed by atoms with Crippen LogP contribution in [0.25, 0.3) is 0 Å². The predicted molar refractivity (Wildman–Crippen MR) is 78.2 cm³/mol. The molecular formula is C16H29O4. The van der Waals surface area contributed by atoms with Crippen molar-refractivity contribution in [3.05, 3.63) is 5.92 Å². The molecular weight excluding hydrogens is 256 g/mol. The third-order valence-electron chi connectivity index (χ3n) is 4.44. The van der Waals surface area contributed by atoms with E-state index in [0.717, 1.165) is 19.3 Å². The summed E-state index contributed by atoms with van der Waals surface area (Å²) in [5.41, 5.74) is 0. The van der Waals surface area contributed by atoms with Crippen LogP contribution in [0.3, 0.4) is 0 Å². The summed E-state index contributed by atoms with van der Waals surface area (Å²) in [7, 11) is 0. The third-order valence-corrected chi connectivity index (χ3v) is 4.44. The summed E-state index contributed by atoms with van der Waals surface area (Å²) in [5, 5.41) is 28.7. The molecule has 0 bridgehead atoms. The standard InChI is InChI=1S/C16H29O4/c1-11(17)10-15(16(19)20)14(12(2)18)9-8-13-6-4-3-5-7-13/h11-12,14-15,17-18H,3-10H2,1-2H3,(H,19,20). The molecule has 0 aromatic rings. The second kappa shape index (κ2) is 8.63. The maximum absolute atomic E-state index is 11.4. The van der Waals surface area contributed by atoms with E-state index in [-0.39, 0.29) is 12.3 Å². The van der Waals surface area contributed by atoms with Gasteiger partial charge in [-0.05, 0) is 57.8 Å². The van der Waals surface area contributed by atoms with Crippen molar-refractivity contribution in [3.8, 4) is 0 Å². The van der Waals surface area contributed by atoms with Gasteiger partial charge in [0.25, 0.3) is 0 Å². The van der Waals surface area contributed by atoms with Gasteiger partial charge in [-0.3, -0.25) is 4.79 Å². The van der Waals surface area contributed by atoms with E-state index in [1.54, 1.807) is 13.8 Å². The Morgan fingerprint density at radius 3 is 2.20 bits per heavy atom. The van der Waals surface area contributed by atoms with Gasteiger partial charge in [-0.25, -0.2) is 0 Å². The van der Waals surface area contributed by atoms with Crippen LogP contribution in [0.4, 0.5) is 0 Å². The van der Waals surface area contributed by atoms with Crippen LogP contribution in [0.15, 0.2) is 0 Å². The lowest BCUT2D eigenvalue weighted by Gasteiger charge is -2.29. The van der Waals surface area contributed by atoms with E-state index in [1.807, 2.05) is 0 Å². The highest BCUT2D eigenvalue weighted by Crippen LogP contribution is 2.34. The molecule has 1 aliphatic carbocycles. The number of hydrogen-bond acceptors (Lipinski definition) is 3. The molecule has 1 fully saturated rings. The minimum atomic E-state index is -0.912. The molecule has 1 saturated carbocycles. The van der Waals surface area contributed by atoms with Crippen LogP contribution in [-0.4, -0.2) is 33.5 Å². The first kappa shape index (κ1) is 17.4. The molecule has 1 rings (SSSR count). The maximum Gasteiger partial charge on any atom is 0.306 e. The first-order chi connectivity index (χ1) is 9.41. The van der Waals surface area contributed by atoms with Gasteiger partial charge in [0.15, 0.2) is 0 Å². The van der Waals surface area contributed by atoms with Crippen LogP contribution in [-0.2, 0) is 4.79 Å². The van der Waals surface area contributed by atoms with Crippen molar-refractivity contribution < 1.29 is 20.1 Å². The highest BCUT2D eigenvalue weighted by Gasteiger charge is 2.33. The van der Waals surface area contributed by atoms with E-state index < -0.39 is 24.1 Å². The third kappa shape index (κ3) is 5.80. The van der Waals surface area contributed by atoms with Crippen LogP contribution in [0, 0.1) is 17.8 Å². The second-order valence-corrected chi connectivity index (χ2v) is 6.28. The van der Waals surface area contributed by atoms with Gasteiger partial charge in [0, 0.05) is 0 Å². The summed E-state index contributed by atoms with van der Waals surface area (Å²) in [6, 6.07) is 0. The van der Waals surface area contributed by atoms with Crippen molar-refractivity contribution >= 4 is 5.97 Å². The molecule has 0 saturated heterocycles. The lowest BCUT2D eigenvalue weighted by Crippen LogP contribution is -2.34. The average molecular weight is 285 g/mol. The van der Waals surface area contributed by atoms with Gasteiger partial charge >= 0.3 is 5.97 Å². The molecule has 4 unspecified atom stereocenters. The van der Waals surface area contributed by atoms with Gasteiger partial charge in [-0.1, -0.05) is 19.3 Å². The van der Waals surface area contributed by atoms with E-state index in [4.69, 9.17) is 0 Å². The quantitative estimate of drug-likeness (QED) is 0.641. The minimum absolute atomic E-state index is 0.209. The van der Waals surface area contributed by atoms with Crippen LogP contribution in [0.5, 0.6) is 0 Å². The molecule has 117 valence electrons. The summed E-state index contributed by atoms with van der Waals surface area (Å²) >= 11 is 0. The average Bonchev–Trinajstić information content (AvgIpc) is 2.38. The number of carboxylic acids is 1. The van der Waals surface area contributed by atoms with Crippen LogP contribution >= 0.6 is 0 Å². The minimum Gasteiger partial charge on any atom is -0.481 e. The summed E-state index contributed by atoms with van der Waals surface area (Å²) in [6.45, 7) is 3.26. The zero-order chi connectivity index (χ0) is 15.1. The summed E-state index contributed by atoms with van der Waals surface area (Å²) < 4.78 is 0. The van der Waals surface area contributed by atoms with E-state index >= 15 is 0 Å². The van der Waals surface area contributed by atoms with E-state index in [0.29, 0.717) is 6.42 Å². The van der Waals surface area contributed by atoms with Crippen LogP contribution < -0.4 is 0 Å². The number of aliphatic hydroxyl groups is 2. The van der Waals surface area contributed by atoms with E-state index in [2.05, 4.69) is 0 Å². The molecule has 0 aromatic carbocycles. The first-order valence-corrected chi connectivity index (χ1v) is 7.84. The molecule has 4 heteroatoms. The Bertz CT molecular complexity index is 282. The van der Waals surface area contributed by atoms with Crippen LogP contribution in [0.1, 0.15) is 65.2 Å². The van der Waals surface area contributed by atoms with E-state index in [1.165, 1.54) is 25.2 Å². The lowest BCUT2D eigenvalue weighted by atomic mass is 9.77. The Morgan fingerprint density at radius 2 is 1.75 bits per heavy atom. The molecule has 0 spiro atoms. The van der Waals surface area contributed by atoms with E-state index in [9.17, 15) is 20.1 Å². The Balaban J connectivity index is 2.58. The van der Waals surface area contributed by atoms with Crippen LogP contribution in [0.2, 0.25) is 0 Å². The summed E-state index contributed by atoms with van der Waals surface area (Å²) in [6.07, 6.45) is 6.61. The normalized spacial score (nSPS) is 23.0. The maximum atomic E-state index is 11.4. The predicted octanol–water partition coefficient (Wildman–Crippen LogP) is 2.77. The van der Waals surface area contributed by atoms with Gasteiger partial charge in [0.2, 0.25) is 0 Å². The zero-order valence-electron chi connectivity index (χ0n) is 12.7. The number of carbonyl (C=O) groups is 1. The Kier molecular flexibility index (Phi) is 7.52. The molecule has 0 heterocycles. The molecule has 0 amide bonds. The number of hydrogen-bond donors (Lipinski definition) is 3. The van der Waals surface area contributed by atoms with Gasteiger partial charge in [-0.2, -0.15) is 0 Å². The number of rotatable bonds is 8. The monoisotopic (exact) mass is 285 g/mol. The van der Waals surface area contributed by atoms with Crippen molar-refractivity contribution in [2.75, 3.05) is 0 Å². The van der Waals surface area contributed by atoms with Crippen molar-refractivity contribution in [2.24, 2.45) is 11.8 Å². The SMILES string of the molecule is CC(O)CC(C(=O)O)C(CC[C]1CCCCC1)C(C)O. The summed E-state index contributed by atoms with van der Waals surface area (Å²) in [5.74, 6) is -0.343. The highest BCUT2D eigenvalue weighted by molar-refractivity contribution is 5.70. The molecule has 1 radical (unpaired) electrons. The van der Waals surface area contributed by atoms with Gasteiger partial charge in [-0.15, -0.1) is 0 Å². The molecule has 0 aliphatic heterocycles. The fraction of sp³-hybridized carbons (Fsp3) is 0.875. The van der Waals surface area contributed by atoms with Gasteiger partial charge < -0.3 is 15.3 Å². The van der Waals surface area contributed by atoms with Crippen molar-refractivity contribution in [3.63, 3.8) is 0 Å². The molecule has 4 atom stereocenters. The fourth-order valence-corrected chi connectivity index (χ4v) is 3.28. The van der Waals surface area contributed by atoms with Gasteiger partial charge in [0.05, 0.1) is 18.1 Å². The molecule has 1 aliphatic rings. The second-order valence-electron chi connectivity index (χ2n) is 6.28. The molecule has 4 nitrogen and oxygen atoms in total. The van der Waals surface area contributed by atoms with Crippen molar-refractivity contribution in [1.82, 2.24) is 0 Å². The molecule has 3 N–H and O–H groups in total. The van der Waals surface area contributed by atoms with Gasteiger partial charge in [0.1, 0.15) is 0 Å². The Labute approximate surface area is 122 Å². The largest absolute Gasteiger partial charge is 0.481 e. The molecule has 20 heavy (non-hydrogen) atoms.